The summed E-state index contributed by atoms with van der Waals surface area (Å²) in [7, 11) is 0. The molecule has 0 aliphatic rings. The highest BCUT2D eigenvalue weighted by molar-refractivity contribution is 5.85. The van der Waals surface area contributed by atoms with E-state index >= 15 is 0 Å². The molecule has 2 aromatic rings. The van der Waals surface area contributed by atoms with Gasteiger partial charge in [-0.25, -0.2) is 0 Å². The van der Waals surface area contributed by atoms with Crippen molar-refractivity contribution in [3.63, 3.8) is 0 Å². The molecule has 0 amide bonds. The molecule has 1 nitrogen and oxygen atoms in total. The van der Waals surface area contributed by atoms with Gasteiger partial charge in [-0.05, 0) is 24.0 Å². The van der Waals surface area contributed by atoms with Crippen LogP contribution in [-0.4, -0.2) is 6.04 Å². The summed E-state index contributed by atoms with van der Waals surface area (Å²) in [6, 6.07) is 22.0. The van der Waals surface area contributed by atoms with Crippen LogP contribution >= 0.6 is 12.4 Å². The molecule has 0 aliphatic carbocycles. The van der Waals surface area contributed by atoms with Gasteiger partial charge in [0.05, 0.1) is 0 Å². The number of benzene rings is 2. The minimum absolute atomic E-state index is 0. The SMILES string of the molecule is CCCCCCCCCCCCCCCC(N)C(CC)(c1ccccc1)c1ccccc1.Cl. The van der Waals surface area contributed by atoms with Gasteiger partial charge in [-0.1, -0.05) is 158 Å². The maximum Gasteiger partial charge on any atom is 0.0351 e. The van der Waals surface area contributed by atoms with Crippen molar-refractivity contribution in [2.45, 2.75) is 122 Å². The topological polar surface area (TPSA) is 26.0 Å². The Morgan fingerprint density at radius 3 is 1.30 bits per heavy atom. The molecule has 2 aromatic carbocycles. The van der Waals surface area contributed by atoms with E-state index in [2.05, 4.69) is 74.5 Å². The number of halogens is 1. The predicted molar refractivity (Wildman–Crippen MR) is 149 cm³/mol. The predicted octanol–water partition coefficient (Wildman–Crippen LogP) is 9.61. The van der Waals surface area contributed by atoms with Crippen LogP contribution in [0.2, 0.25) is 0 Å². The average Bonchev–Trinajstić information content (AvgIpc) is 2.84. The Bertz CT molecular complexity index is 645. The second kappa shape index (κ2) is 18.1. The third kappa shape index (κ3) is 9.83. The molecule has 2 heteroatoms. The van der Waals surface area contributed by atoms with Crippen molar-refractivity contribution in [2.24, 2.45) is 5.73 Å². The lowest BCUT2D eigenvalue weighted by Crippen LogP contribution is -2.46. The van der Waals surface area contributed by atoms with E-state index in [-0.39, 0.29) is 23.9 Å². The molecule has 1 unspecified atom stereocenters. The maximum absolute atomic E-state index is 6.97. The van der Waals surface area contributed by atoms with Gasteiger partial charge >= 0.3 is 0 Å². The van der Waals surface area contributed by atoms with Crippen LogP contribution < -0.4 is 5.73 Å². The number of rotatable bonds is 18. The molecule has 0 bridgehead atoms. The van der Waals surface area contributed by atoms with Gasteiger partial charge in [0.25, 0.3) is 0 Å². The number of hydrogen-bond donors (Lipinski definition) is 1. The normalized spacial score (nSPS) is 12.3. The number of nitrogens with two attached hydrogens (primary N) is 1. The van der Waals surface area contributed by atoms with Crippen molar-refractivity contribution in [3.8, 4) is 0 Å². The summed E-state index contributed by atoms with van der Waals surface area (Å²) in [6.45, 7) is 4.59. The van der Waals surface area contributed by atoms with Crippen molar-refractivity contribution in [1.82, 2.24) is 0 Å². The zero-order valence-corrected chi connectivity index (χ0v) is 22.3. The van der Waals surface area contributed by atoms with Crippen LogP contribution in [-0.2, 0) is 5.41 Å². The Morgan fingerprint density at radius 1 is 0.576 bits per heavy atom. The summed E-state index contributed by atoms with van der Waals surface area (Å²) in [4.78, 5) is 0. The summed E-state index contributed by atoms with van der Waals surface area (Å²) in [5, 5.41) is 0. The van der Waals surface area contributed by atoms with Gasteiger partial charge < -0.3 is 5.73 Å². The Labute approximate surface area is 211 Å². The molecule has 0 heterocycles. The van der Waals surface area contributed by atoms with E-state index in [9.17, 15) is 0 Å². The van der Waals surface area contributed by atoms with Crippen molar-refractivity contribution < 1.29 is 0 Å². The van der Waals surface area contributed by atoms with Crippen molar-refractivity contribution >= 4 is 12.4 Å². The van der Waals surface area contributed by atoms with Crippen LogP contribution in [0.3, 0.4) is 0 Å². The van der Waals surface area contributed by atoms with Crippen molar-refractivity contribution in [3.05, 3.63) is 71.8 Å². The quantitative estimate of drug-likeness (QED) is 0.215. The highest BCUT2D eigenvalue weighted by Crippen LogP contribution is 2.39. The van der Waals surface area contributed by atoms with Crippen molar-refractivity contribution in [1.29, 1.82) is 0 Å². The van der Waals surface area contributed by atoms with E-state index in [4.69, 9.17) is 5.73 Å². The minimum Gasteiger partial charge on any atom is -0.327 e. The fourth-order valence-corrected chi connectivity index (χ4v) is 5.36. The van der Waals surface area contributed by atoms with Crippen LogP contribution in [0.1, 0.15) is 121 Å². The summed E-state index contributed by atoms with van der Waals surface area (Å²) in [6.07, 6.45) is 20.2. The van der Waals surface area contributed by atoms with E-state index < -0.39 is 0 Å². The molecule has 0 radical (unpaired) electrons. The monoisotopic (exact) mass is 471 g/mol. The highest BCUT2D eigenvalue weighted by Gasteiger charge is 2.38. The lowest BCUT2D eigenvalue weighted by atomic mass is 9.66. The molecule has 0 aliphatic heterocycles. The van der Waals surface area contributed by atoms with Gasteiger partial charge in [-0.2, -0.15) is 0 Å². The fraction of sp³-hybridized carbons (Fsp3) is 0.613. The first-order chi connectivity index (χ1) is 15.8. The second-order valence-corrected chi connectivity index (χ2v) is 9.69. The standard InChI is InChI=1S/C31H49N.ClH/c1-3-5-6-7-8-9-10-11-12-13-14-15-22-27-30(32)31(4-2,28-23-18-16-19-24-28)29-25-20-17-21-26-29;/h16-21,23-26,30H,3-15,22,27,32H2,1-2H3;1H. The third-order valence-corrected chi connectivity index (χ3v) is 7.39. The molecule has 0 aromatic heterocycles. The highest BCUT2D eigenvalue weighted by atomic mass is 35.5. The zero-order valence-electron chi connectivity index (χ0n) is 21.4. The Morgan fingerprint density at radius 2 is 0.939 bits per heavy atom. The van der Waals surface area contributed by atoms with E-state index in [0.29, 0.717) is 0 Å². The van der Waals surface area contributed by atoms with E-state index in [1.165, 1.54) is 94.6 Å². The molecule has 0 saturated carbocycles. The second-order valence-electron chi connectivity index (χ2n) is 9.69. The van der Waals surface area contributed by atoms with Crippen LogP contribution in [0, 0.1) is 0 Å². The molecule has 0 fully saturated rings. The number of unbranched alkanes of at least 4 members (excludes halogenated alkanes) is 12. The molecule has 2 rings (SSSR count). The first kappa shape index (κ1) is 29.7. The van der Waals surface area contributed by atoms with E-state index in [1.807, 2.05) is 0 Å². The summed E-state index contributed by atoms with van der Waals surface area (Å²) in [5.41, 5.74) is 9.58. The Hall–Kier alpha value is -1.31. The molecule has 2 N–H and O–H groups in total. The van der Waals surface area contributed by atoms with Crippen molar-refractivity contribution in [2.75, 3.05) is 0 Å². The minimum atomic E-state index is -0.0976. The van der Waals surface area contributed by atoms with E-state index in [0.717, 1.165) is 12.8 Å². The van der Waals surface area contributed by atoms with Gasteiger partial charge in [0.15, 0.2) is 0 Å². The fourth-order valence-electron chi connectivity index (χ4n) is 5.36. The third-order valence-electron chi connectivity index (χ3n) is 7.39. The number of hydrogen-bond acceptors (Lipinski definition) is 1. The van der Waals surface area contributed by atoms with Crippen LogP contribution in [0.5, 0.6) is 0 Å². The Kier molecular flexibility index (Phi) is 16.3. The van der Waals surface area contributed by atoms with Gasteiger partial charge in [0.2, 0.25) is 0 Å². The molecule has 0 saturated heterocycles. The van der Waals surface area contributed by atoms with Gasteiger partial charge in [-0.3, -0.25) is 0 Å². The zero-order chi connectivity index (χ0) is 22.9. The summed E-state index contributed by atoms with van der Waals surface area (Å²) >= 11 is 0. The average molecular weight is 472 g/mol. The van der Waals surface area contributed by atoms with E-state index in [1.54, 1.807) is 0 Å². The lowest BCUT2D eigenvalue weighted by molar-refractivity contribution is 0.363. The summed E-state index contributed by atoms with van der Waals surface area (Å²) in [5.74, 6) is 0. The molecular formula is C31H50ClN. The first-order valence-electron chi connectivity index (χ1n) is 13.6. The van der Waals surface area contributed by atoms with Gasteiger partial charge in [0, 0.05) is 11.5 Å². The van der Waals surface area contributed by atoms with Crippen LogP contribution in [0.25, 0.3) is 0 Å². The smallest absolute Gasteiger partial charge is 0.0351 e. The maximum atomic E-state index is 6.97. The largest absolute Gasteiger partial charge is 0.327 e. The molecule has 1 atom stereocenters. The molecule has 186 valence electrons. The van der Waals surface area contributed by atoms with Crippen LogP contribution in [0.15, 0.2) is 60.7 Å². The molecular weight excluding hydrogens is 422 g/mol. The van der Waals surface area contributed by atoms with Gasteiger partial charge in [0.1, 0.15) is 0 Å². The van der Waals surface area contributed by atoms with Crippen LogP contribution in [0.4, 0.5) is 0 Å². The first-order valence-corrected chi connectivity index (χ1v) is 13.6. The molecule has 33 heavy (non-hydrogen) atoms. The lowest BCUT2D eigenvalue weighted by Gasteiger charge is -2.40. The Balaban J connectivity index is 0.00000544. The van der Waals surface area contributed by atoms with Gasteiger partial charge in [-0.15, -0.1) is 12.4 Å². The summed E-state index contributed by atoms with van der Waals surface area (Å²) < 4.78 is 0. The molecule has 0 spiro atoms.